The molecule has 154 valence electrons. The van der Waals surface area contributed by atoms with E-state index in [2.05, 4.69) is 30.2 Å². The first-order valence-electron chi connectivity index (χ1n) is 9.58. The van der Waals surface area contributed by atoms with Crippen LogP contribution in [0.4, 0.5) is 5.82 Å². The van der Waals surface area contributed by atoms with E-state index in [1.807, 2.05) is 13.0 Å². The number of carbonyl (C=O) groups excluding carboxylic acids is 1. The van der Waals surface area contributed by atoms with Gasteiger partial charge in [0, 0.05) is 43.9 Å². The van der Waals surface area contributed by atoms with Crippen LogP contribution in [0, 0.1) is 18.3 Å². The number of aromatic nitrogens is 4. The van der Waals surface area contributed by atoms with Gasteiger partial charge in [-0.3, -0.25) is 4.79 Å². The summed E-state index contributed by atoms with van der Waals surface area (Å²) in [6.07, 6.45) is 4.95. The van der Waals surface area contributed by atoms with Gasteiger partial charge >= 0.3 is 0 Å². The molecule has 2 saturated heterocycles. The average Bonchev–Trinajstić information content (AvgIpc) is 3.13. The number of anilines is 1. The fraction of sp³-hybridized carbons (Fsp3) is 0.667. The molecule has 0 bridgehead atoms. The number of rotatable bonds is 2. The molecule has 0 radical (unpaired) electrons. The number of nitrogens with one attached hydrogen (secondary N) is 1. The fourth-order valence-electron chi connectivity index (χ4n) is 4.69. The molecule has 2 aromatic rings. The third kappa shape index (κ3) is 3.53. The molecule has 0 aromatic carbocycles. The van der Waals surface area contributed by atoms with Gasteiger partial charge in [-0.2, -0.15) is 14.6 Å². The van der Waals surface area contributed by atoms with Crippen molar-refractivity contribution in [2.45, 2.75) is 26.2 Å². The number of amides is 1. The lowest BCUT2D eigenvalue weighted by atomic mass is 9.91. The molecule has 2 aliphatic heterocycles. The summed E-state index contributed by atoms with van der Waals surface area (Å²) < 4.78 is 1.79. The number of hydrogen-bond acceptors (Lipinski definition) is 6. The zero-order chi connectivity index (χ0) is 17.7. The Hall–Kier alpha value is -1.64. The standard InChI is InChI=1S/C18H25N7O.2ClH/c1-13-10-15(25-17(22-13)20-12-21-25)23-6-8-24(9-7-23)16(26)14-11-18(14)2-4-19-5-3-18;;/h10,12,14,19H,2-9,11H2,1H3;2*1H. The predicted molar refractivity (Wildman–Crippen MR) is 111 cm³/mol. The highest BCUT2D eigenvalue weighted by Gasteiger charge is 2.58. The van der Waals surface area contributed by atoms with Crippen LogP contribution in [0.15, 0.2) is 12.4 Å². The second-order valence-corrected chi connectivity index (χ2v) is 7.91. The summed E-state index contributed by atoms with van der Waals surface area (Å²) in [4.78, 5) is 25.9. The van der Waals surface area contributed by atoms with Gasteiger partial charge < -0.3 is 15.1 Å². The van der Waals surface area contributed by atoms with E-state index in [1.54, 1.807) is 4.52 Å². The molecule has 8 nitrogen and oxygen atoms in total. The second kappa shape index (κ2) is 8.00. The maximum Gasteiger partial charge on any atom is 0.254 e. The molecule has 1 amide bonds. The van der Waals surface area contributed by atoms with Crippen LogP contribution in [-0.4, -0.2) is 69.7 Å². The summed E-state index contributed by atoms with van der Waals surface area (Å²) in [5.41, 5.74) is 1.25. The van der Waals surface area contributed by atoms with Crippen molar-refractivity contribution in [2.75, 3.05) is 44.2 Å². The van der Waals surface area contributed by atoms with Gasteiger partial charge in [0.25, 0.3) is 5.78 Å². The van der Waals surface area contributed by atoms with Crippen molar-refractivity contribution in [1.29, 1.82) is 0 Å². The molecule has 1 spiro atoms. The lowest BCUT2D eigenvalue weighted by Crippen LogP contribution is -2.50. The number of nitrogens with zero attached hydrogens (tertiary/aromatic N) is 6. The molecular formula is C18H27Cl2N7O. The summed E-state index contributed by atoms with van der Waals surface area (Å²) in [7, 11) is 0. The average molecular weight is 428 g/mol. The Morgan fingerprint density at radius 1 is 1.18 bits per heavy atom. The van der Waals surface area contributed by atoms with Gasteiger partial charge in [0.15, 0.2) is 0 Å². The highest BCUT2D eigenvalue weighted by atomic mass is 35.5. The Morgan fingerprint density at radius 2 is 1.89 bits per heavy atom. The van der Waals surface area contributed by atoms with Crippen LogP contribution in [0.3, 0.4) is 0 Å². The molecule has 1 saturated carbocycles. The van der Waals surface area contributed by atoms with Gasteiger partial charge in [0.2, 0.25) is 5.91 Å². The topological polar surface area (TPSA) is 78.7 Å². The zero-order valence-corrected chi connectivity index (χ0v) is 17.6. The first-order chi connectivity index (χ1) is 12.7. The van der Waals surface area contributed by atoms with Crippen molar-refractivity contribution in [2.24, 2.45) is 11.3 Å². The Balaban J connectivity index is 0.00000112. The molecule has 1 unspecified atom stereocenters. The normalized spacial score (nSPS) is 23.2. The summed E-state index contributed by atoms with van der Waals surface area (Å²) >= 11 is 0. The molecule has 28 heavy (non-hydrogen) atoms. The van der Waals surface area contributed by atoms with Gasteiger partial charge in [0.1, 0.15) is 12.1 Å². The predicted octanol–water partition coefficient (Wildman–Crippen LogP) is 1.31. The maximum absolute atomic E-state index is 13.0. The third-order valence-electron chi connectivity index (χ3n) is 6.36. The van der Waals surface area contributed by atoms with Crippen LogP contribution in [0.25, 0.3) is 5.78 Å². The molecule has 1 N–H and O–H groups in total. The van der Waals surface area contributed by atoms with Crippen molar-refractivity contribution < 1.29 is 4.79 Å². The number of hydrogen-bond donors (Lipinski definition) is 1. The molecule has 1 aliphatic carbocycles. The van der Waals surface area contributed by atoms with E-state index in [0.29, 0.717) is 17.1 Å². The highest BCUT2D eigenvalue weighted by molar-refractivity contribution is 5.85. The van der Waals surface area contributed by atoms with E-state index < -0.39 is 0 Å². The molecule has 1 atom stereocenters. The largest absolute Gasteiger partial charge is 0.353 e. The van der Waals surface area contributed by atoms with Gasteiger partial charge in [-0.1, -0.05) is 0 Å². The highest BCUT2D eigenvalue weighted by Crippen LogP contribution is 2.59. The van der Waals surface area contributed by atoms with Crippen molar-refractivity contribution in [3.63, 3.8) is 0 Å². The van der Waals surface area contributed by atoms with Crippen LogP contribution in [-0.2, 0) is 4.79 Å². The minimum atomic E-state index is 0. The zero-order valence-electron chi connectivity index (χ0n) is 16.0. The third-order valence-corrected chi connectivity index (χ3v) is 6.36. The van der Waals surface area contributed by atoms with Crippen LogP contribution in [0.2, 0.25) is 0 Å². The van der Waals surface area contributed by atoms with Gasteiger partial charge in [-0.25, -0.2) is 4.98 Å². The van der Waals surface area contributed by atoms with Crippen molar-refractivity contribution >= 4 is 42.3 Å². The van der Waals surface area contributed by atoms with E-state index in [0.717, 1.165) is 70.0 Å². The van der Waals surface area contributed by atoms with Crippen LogP contribution in [0.5, 0.6) is 0 Å². The Morgan fingerprint density at radius 3 is 2.61 bits per heavy atom. The monoisotopic (exact) mass is 427 g/mol. The Labute approximate surface area is 176 Å². The van der Waals surface area contributed by atoms with E-state index >= 15 is 0 Å². The molecule has 2 aromatic heterocycles. The van der Waals surface area contributed by atoms with Gasteiger partial charge in [-0.15, -0.1) is 24.8 Å². The Kier molecular flexibility index (Phi) is 6.03. The number of aryl methyl sites for hydroxylation is 1. The van der Waals surface area contributed by atoms with Gasteiger partial charge in [0.05, 0.1) is 0 Å². The van der Waals surface area contributed by atoms with E-state index in [9.17, 15) is 4.79 Å². The number of halogens is 2. The first kappa shape index (κ1) is 21.1. The van der Waals surface area contributed by atoms with E-state index in [4.69, 9.17) is 0 Å². The van der Waals surface area contributed by atoms with Crippen LogP contribution < -0.4 is 10.2 Å². The fourth-order valence-corrected chi connectivity index (χ4v) is 4.69. The quantitative estimate of drug-likeness (QED) is 0.778. The number of piperazine rings is 1. The van der Waals surface area contributed by atoms with E-state index in [-0.39, 0.29) is 30.7 Å². The van der Waals surface area contributed by atoms with Crippen molar-refractivity contribution in [3.05, 3.63) is 18.1 Å². The van der Waals surface area contributed by atoms with Crippen LogP contribution >= 0.6 is 24.8 Å². The molecule has 5 rings (SSSR count). The SMILES string of the molecule is Cc1cc(N2CCN(C(=O)C3CC34CCNCC4)CC2)n2ncnc2n1.Cl.Cl. The van der Waals surface area contributed by atoms with Gasteiger partial charge in [-0.05, 0) is 44.7 Å². The molecular weight excluding hydrogens is 401 g/mol. The minimum Gasteiger partial charge on any atom is -0.353 e. The summed E-state index contributed by atoms with van der Waals surface area (Å²) in [6, 6.07) is 2.05. The van der Waals surface area contributed by atoms with E-state index in [1.165, 1.54) is 6.33 Å². The molecule has 3 aliphatic rings. The summed E-state index contributed by atoms with van der Waals surface area (Å²) in [6.45, 7) is 7.31. The first-order valence-corrected chi connectivity index (χ1v) is 9.58. The smallest absolute Gasteiger partial charge is 0.254 e. The maximum atomic E-state index is 13.0. The summed E-state index contributed by atoms with van der Waals surface area (Å²) in [5, 5.41) is 7.71. The van der Waals surface area contributed by atoms with Crippen molar-refractivity contribution in [1.82, 2.24) is 29.8 Å². The number of carbonyl (C=O) groups is 1. The molecule has 10 heteroatoms. The van der Waals surface area contributed by atoms with Crippen molar-refractivity contribution in [3.8, 4) is 0 Å². The number of fused-ring (bicyclic) bond motifs is 1. The summed E-state index contributed by atoms with van der Waals surface area (Å²) in [5.74, 6) is 2.28. The lowest BCUT2D eigenvalue weighted by molar-refractivity contribution is -0.133. The lowest BCUT2D eigenvalue weighted by Gasteiger charge is -2.36. The Bertz CT molecular complexity index is 844. The molecule has 4 heterocycles. The second-order valence-electron chi connectivity index (χ2n) is 7.91. The number of piperidine rings is 1. The molecule has 3 fully saturated rings. The minimum absolute atomic E-state index is 0. The van der Waals surface area contributed by atoms with Crippen LogP contribution in [0.1, 0.15) is 25.0 Å².